The van der Waals surface area contributed by atoms with Crippen molar-refractivity contribution < 1.29 is 26.0 Å². The van der Waals surface area contributed by atoms with E-state index in [-0.39, 0.29) is 27.0 Å². The fourth-order valence-electron chi connectivity index (χ4n) is 1.75. The van der Waals surface area contributed by atoms with E-state index in [0.29, 0.717) is 3.42 Å². The predicted octanol–water partition coefficient (Wildman–Crippen LogP) is 2.64. The second kappa shape index (κ2) is 9.21. The summed E-state index contributed by atoms with van der Waals surface area (Å²) in [5, 5.41) is 0. The second-order valence-corrected chi connectivity index (χ2v) is 12.1. The Morgan fingerprint density at radius 2 is 1.26 bits per heavy atom. The molecule has 1 nitrogen and oxygen atoms in total. The van der Waals surface area contributed by atoms with Gasteiger partial charge >= 0.3 is 125 Å². The Hall–Kier alpha value is -1.16. The molecule has 0 aliphatic rings. The third-order valence-electron chi connectivity index (χ3n) is 2.53. The number of carbonyl (C=O) groups excluding carboxylic acids is 1. The summed E-state index contributed by atoms with van der Waals surface area (Å²) in [5.74, 6) is 0.932. The SMILES string of the molecule is CC(C)(C)[I-]c1ccc(C(=O)c2ccccc2)cc1.CC(C)C. The van der Waals surface area contributed by atoms with Gasteiger partial charge in [0.1, 0.15) is 0 Å². The molecule has 0 aromatic heterocycles. The van der Waals surface area contributed by atoms with Gasteiger partial charge in [-0.2, -0.15) is 0 Å². The molecule has 0 saturated heterocycles. The Labute approximate surface area is 151 Å². The van der Waals surface area contributed by atoms with E-state index >= 15 is 0 Å². The number of halogens is 1. The van der Waals surface area contributed by atoms with Crippen molar-refractivity contribution >= 4 is 5.78 Å². The molecule has 2 heteroatoms. The summed E-state index contributed by atoms with van der Waals surface area (Å²) < 4.78 is 1.76. The fourth-order valence-corrected chi connectivity index (χ4v) is 4.34. The Morgan fingerprint density at radius 1 is 0.826 bits per heavy atom. The quantitative estimate of drug-likeness (QED) is 0.422. The van der Waals surface area contributed by atoms with E-state index in [9.17, 15) is 4.79 Å². The first kappa shape index (κ1) is 19.9. The van der Waals surface area contributed by atoms with Crippen molar-refractivity contribution in [3.05, 3.63) is 69.3 Å². The summed E-state index contributed by atoms with van der Waals surface area (Å²) in [6.07, 6.45) is 0. The number of carbonyl (C=O) groups is 1. The van der Waals surface area contributed by atoms with Crippen molar-refractivity contribution in [2.24, 2.45) is 5.92 Å². The number of hydrogen-bond acceptors (Lipinski definition) is 1. The van der Waals surface area contributed by atoms with E-state index in [0.717, 1.165) is 17.0 Å². The summed E-state index contributed by atoms with van der Waals surface area (Å²) in [6, 6.07) is 17.6. The number of hydrogen-bond donors (Lipinski definition) is 0. The molecule has 0 spiro atoms. The van der Waals surface area contributed by atoms with Gasteiger partial charge in [-0.1, -0.05) is 20.8 Å². The van der Waals surface area contributed by atoms with E-state index in [1.807, 2.05) is 42.5 Å². The molecule has 126 valence electrons. The molecule has 0 fully saturated rings. The fraction of sp³-hybridized carbons (Fsp3) is 0.381. The molecule has 0 unspecified atom stereocenters. The molecular formula is C21H28IO-. The van der Waals surface area contributed by atoms with E-state index < -0.39 is 0 Å². The minimum absolute atomic E-state index is 0.0156. The summed E-state index contributed by atoms with van der Waals surface area (Å²) in [4.78, 5) is 12.3. The molecule has 0 bridgehead atoms. The normalized spacial score (nSPS) is 11.1. The van der Waals surface area contributed by atoms with Crippen LogP contribution in [-0.4, -0.2) is 9.20 Å². The van der Waals surface area contributed by atoms with Crippen LogP contribution in [0.25, 0.3) is 0 Å². The van der Waals surface area contributed by atoms with Crippen LogP contribution >= 0.6 is 0 Å². The maximum atomic E-state index is 12.3. The molecular weight excluding hydrogens is 395 g/mol. The van der Waals surface area contributed by atoms with Gasteiger partial charge in [-0.25, -0.2) is 0 Å². The minimum atomic E-state index is -0.0156. The second-order valence-electron chi connectivity index (χ2n) is 7.10. The molecule has 0 radical (unpaired) electrons. The van der Waals surface area contributed by atoms with E-state index in [1.165, 1.54) is 3.57 Å². The largest absolute Gasteiger partial charge is 0.0630 e. The smallest absolute Gasteiger partial charge is 0.0500 e. The van der Waals surface area contributed by atoms with Gasteiger partial charge in [0.15, 0.2) is 0 Å². The third kappa shape index (κ3) is 8.31. The van der Waals surface area contributed by atoms with Gasteiger partial charge in [-0.3, -0.25) is 0 Å². The van der Waals surface area contributed by atoms with Crippen LogP contribution in [0.4, 0.5) is 0 Å². The van der Waals surface area contributed by atoms with Crippen molar-refractivity contribution in [1.82, 2.24) is 0 Å². The number of rotatable bonds is 3. The average Bonchev–Trinajstić information content (AvgIpc) is 2.46. The van der Waals surface area contributed by atoms with Crippen LogP contribution in [0.15, 0.2) is 54.6 Å². The monoisotopic (exact) mass is 423 g/mol. The molecule has 0 aliphatic heterocycles. The summed E-state index contributed by atoms with van der Waals surface area (Å²) >= 11 is -0.0156. The molecule has 0 atom stereocenters. The maximum absolute atomic E-state index is 12.3. The van der Waals surface area contributed by atoms with Crippen LogP contribution in [0.1, 0.15) is 57.5 Å². The molecule has 2 aromatic rings. The first-order chi connectivity index (χ1) is 10.7. The van der Waals surface area contributed by atoms with E-state index in [1.54, 1.807) is 0 Å². The van der Waals surface area contributed by atoms with Crippen LogP contribution in [0, 0.1) is 9.49 Å². The zero-order chi connectivity index (χ0) is 17.5. The molecule has 23 heavy (non-hydrogen) atoms. The maximum Gasteiger partial charge on any atom is -0.0500 e. The van der Waals surface area contributed by atoms with Gasteiger partial charge < -0.3 is 0 Å². The standard InChI is InChI=1S/C17H18IO.C4H10/c1-17(2,3)18-15-11-9-14(10-12-15)16(19)13-7-5-4-6-8-13;1-4(2)3/h4-12H,1-3H3;4H,1-3H3/q-1;. The zero-order valence-corrected chi connectivity index (χ0v) is 17.2. The molecule has 0 aliphatic carbocycles. The Bertz CT molecular complexity index is 589. The number of alkyl halides is 1. The van der Waals surface area contributed by atoms with Crippen LogP contribution in [0.5, 0.6) is 0 Å². The van der Waals surface area contributed by atoms with Crippen molar-refractivity contribution in [2.75, 3.05) is 0 Å². The zero-order valence-electron chi connectivity index (χ0n) is 15.1. The topological polar surface area (TPSA) is 17.1 Å². The van der Waals surface area contributed by atoms with Crippen molar-refractivity contribution in [2.45, 2.75) is 45.0 Å². The van der Waals surface area contributed by atoms with E-state index in [2.05, 4.69) is 53.7 Å². The molecule has 2 aromatic carbocycles. The average molecular weight is 423 g/mol. The molecule has 0 N–H and O–H groups in total. The van der Waals surface area contributed by atoms with E-state index in [4.69, 9.17) is 0 Å². The van der Waals surface area contributed by atoms with Crippen molar-refractivity contribution in [1.29, 1.82) is 0 Å². The first-order valence-electron chi connectivity index (χ1n) is 8.05. The molecule has 0 heterocycles. The van der Waals surface area contributed by atoms with Crippen LogP contribution in [0.3, 0.4) is 0 Å². The van der Waals surface area contributed by atoms with Gasteiger partial charge in [-0.05, 0) is 5.92 Å². The van der Waals surface area contributed by atoms with Crippen LogP contribution in [0.2, 0.25) is 0 Å². The van der Waals surface area contributed by atoms with Gasteiger partial charge in [0.25, 0.3) is 0 Å². The number of ketones is 1. The molecule has 0 saturated carbocycles. The predicted molar refractivity (Wildman–Crippen MR) is 95.3 cm³/mol. The van der Waals surface area contributed by atoms with Gasteiger partial charge in [0.05, 0.1) is 0 Å². The van der Waals surface area contributed by atoms with Gasteiger partial charge in [0.2, 0.25) is 0 Å². The van der Waals surface area contributed by atoms with Crippen molar-refractivity contribution in [3.8, 4) is 0 Å². The van der Waals surface area contributed by atoms with Crippen molar-refractivity contribution in [3.63, 3.8) is 0 Å². The summed E-state index contributed by atoms with van der Waals surface area (Å²) in [6.45, 7) is 13.3. The van der Waals surface area contributed by atoms with Crippen LogP contribution < -0.4 is 21.2 Å². The molecule has 0 amide bonds. The minimum Gasteiger partial charge on any atom is -0.0630 e. The van der Waals surface area contributed by atoms with Gasteiger partial charge in [-0.15, -0.1) is 0 Å². The number of benzene rings is 2. The Balaban J connectivity index is 0.000000593. The Kier molecular flexibility index (Phi) is 7.97. The summed E-state index contributed by atoms with van der Waals surface area (Å²) in [7, 11) is 0. The third-order valence-corrected chi connectivity index (χ3v) is 5.50. The molecule has 2 rings (SSSR count). The Morgan fingerprint density at radius 3 is 1.70 bits per heavy atom. The van der Waals surface area contributed by atoms with Crippen LogP contribution in [-0.2, 0) is 0 Å². The van der Waals surface area contributed by atoms with Gasteiger partial charge in [0, 0.05) is 0 Å². The summed E-state index contributed by atoms with van der Waals surface area (Å²) in [5.41, 5.74) is 1.52. The first-order valence-corrected chi connectivity index (χ1v) is 10.2.